The van der Waals surface area contributed by atoms with Gasteiger partial charge in [-0.05, 0) is 49.9 Å². The molecule has 1 N–H and O–H groups in total. The molecule has 1 heterocycles. The topological polar surface area (TPSA) is 101 Å². The minimum Gasteiger partial charge on any atom is -0.480 e. The zero-order chi connectivity index (χ0) is 29.7. The summed E-state index contributed by atoms with van der Waals surface area (Å²) >= 11 is 0. The average molecular weight is 546 g/mol. The van der Waals surface area contributed by atoms with E-state index in [1.807, 2.05) is 75.2 Å². The number of carboxylic acids is 1. The van der Waals surface area contributed by atoms with Crippen LogP contribution in [0.1, 0.15) is 55.0 Å². The van der Waals surface area contributed by atoms with Crippen molar-refractivity contribution in [2.45, 2.75) is 46.6 Å². The summed E-state index contributed by atoms with van der Waals surface area (Å²) < 4.78 is 5.30. The van der Waals surface area contributed by atoms with Gasteiger partial charge in [0.25, 0.3) is 0 Å². The second-order valence-corrected chi connectivity index (χ2v) is 9.76. The predicted molar refractivity (Wildman–Crippen MR) is 156 cm³/mol. The molecule has 0 saturated carbocycles. The third kappa shape index (κ3) is 9.07. The van der Waals surface area contributed by atoms with Crippen molar-refractivity contribution in [1.29, 1.82) is 0 Å². The Balaban J connectivity index is 0.000000534. The van der Waals surface area contributed by atoms with Gasteiger partial charge in [-0.2, -0.15) is 0 Å². The van der Waals surface area contributed by atoms with Crippen LogP contribution in [-0.4, -0.2) is 66.7 Å². The van der Waals surface area contributed by atoms with Crippen molar-refractivity contribution in [2.75, 3.05) is 26.3 Å². The lowest BCUT2D eigenvalue weighted by atomic mass is 9.86. The summed E-state index contributed by atoms with van der Waals surface area (Å²) in [7, 11) is 0. The molecule has 0 spiro atoms. The fourth-order valence-electron chi connectivity index (χ4n) is 4.99. The van der Waals surface area contributed by atoms with Crippen LogP contribution in [0, 0.1) is 27.7 Å². The number of ketones is 2. The zero-order valence-electron chi connectivity index (χ0n) is 23.8. The summed E-state index contributed by atoms with van der Waals surface area (Å²) in [6.45, 7) is 11.5. The molecule has 3 aromatic rings. The number of hydrogen-bond acceptors (Lipinski definition) is 6. The van der Waals surface area contributed by atoms with E-state index in [1.54, 1.807) is 11.8 Å². The summed E-state index contributed by atoms with van der Waals surface area (Å²) in [5.41, 5.74) is 5.48. The molecular formula is C33H39NO6. The molecule has 1 unspecified atom stereocenters. The summed E-state index contributed by atoms with van der Waals surface area (Å²) in [4.78, 5) is 48.0. The molecule has 0 bridgehead atoms. The Hall–Kier alpha value is -3.94. The Morgan fingerprint density at radius 2 is 1.32 bits per heavy atom. The average Bonchev–Trinajstić information content (AvgIpc) is 2.94. The Morgan fingerprint density at radius 1 is 0.825 bits per heavy atom. The van der Waals surface area contributed by atoms with Crippen molar-refractivity contribution >= 4 is 24.3 Å². The molecule has 212 valence electrons. The predicted octanol–water partition coefficient (Wildman–Crippen LogP) is 5.21. The van der Waals surface area contributed by atoms with Crippen LogP contribution in [0.5, 0.6) is 0 Å². The summed E-state index contributed by atoms with van der Waals surface area (Å²) in [5, 5.41) is 9.72. The van der Waals surface area contributed by atoms with Crippen LogP contribution in [0.4, 0.5) is 0 Å². The first-order chi connectivity index (χ1) is 19.2. The van der Waals surface area contributed by atoms with Gasteiger partial charge in [-0.25, -0.2) is 0 Å². The van der Waals surface area contributed by atoms with Crippen LogP contribution >= 0.6 is 0 Å². The lowest BCUT2D eigenvalue weighted by Gasteiger charge is -2.31. The minimum atomic E-state index is -1.02. The summed E-state index contributed by atoms with van der Waals surface area (Å²) in [6, 6.07) is 20.7. The number of nitrogens with zero attached hydrogens (tertiary/aromatic N) is 1. The molecule has 3 aromatic carbocycles. The Morgan fingerprint density at radius 3 is 1.80 bits per heavy atom. The molecule has 7 heteroatoms. The first-order valence-corrected chi connectivity index (χ1v) is 13.2. The molecule has 4 rings (SSSR count). The SMILES string of the molecule is C=O.Cc1cc(C)c(C(=O)CC(C(=O)O)N2CCOCC2)c(C)c1C(=O)Cc1ccccc1.Cc1ccccc1. The van der Waals surface area contributed by atoms with E-state index in [0.29, 0.717) is 43.0 Å². The van der Waals surface area contributed by atoms with Crippen LogP contribution in [0.15, 0.2) is 66.7 Å². The number of ether oxygens (including phenoxy) is 1. The maximum absolute atomic E-state index is 13.3. The van der Waals surface area contributed by atoms with Gasteiger partial charge < -0.3 is 14.6 Å². The fourth-order valence-corrected chi connectivity index (χ4v) is 4.99. The number of carbonyl (C=O) groups is 4. The third-order valence-corrected chi connectivity index (χ3v) is 6.83. The minimum absolute atomic E-state index is 0.0433. The molecule has 0 amide bonds. The van der Waals surface area contributed by atoms with Crippen LogP contribution in [0.2, 0.25) is 0 Å². The third-order valence-electron chi connectivity index (χ3n) is 6.83. The van der Waals surface area contributed by atoms with Gasteiger partial charge in [0.15, 0.2) is 11.6 Å². The first kappa shape index (κ1) is 32.3. The van der Waals surface area contributed by atoms with Gasteiger partial charge in [0.1, 0.15) is 12.8 Å². The number of rotatable bonds is 8. The normalized spacial score (nSPS) is 13.6. The smallest absolute Gasteiger partial charge is 0.321 e. The van der Waals surface area contributed by atoms with Crippen LogP contribution < -0.4 is 0 Å². The van der Waals surface area contributed by atoms with E-state index < -0.39 is 12.0 Å². The molecule has 40 heavy (non-hydrogen) atoms. The number of aliphatic carboxylic acids is 1. The van der Waals surface area contributed by atoms with Crippen LogP contribution in [-0.2, 0) is 20.7 Å². The number of Topliss-reactive ketones (excluding diaryl/α,β-unsaturated/α-hetero) is 2. The molecule has 0 aromatic heterocycles. The lowest BCUT2D eigenvalue weighted by molar-refractivity contribution is -0.145. The van der Waals surface area contributed by atoms with Gasteiger partial charge >= 0.3 is 5.97 Å². The second kappa shape index (κ2) is 16.2. The van der Waals surface area contributed by atoms with Gasteiger partial charge in [-0.15, -0.1) is 0 Å². The van der Waals surface area contributed by atoms with Crippen LogP contribution in [0.3, 0.4) is 0 Å². The van der Waals surface area contributed by atoms with Gasteiger partial charge in [0, 0.05) is 37.1 Å². The largest absolute Gasteiger partial charge is 0.480 e. The quantitative estimate of drug-likeness (QED) is 0.388. The highest BCUT2D eigenvalue weighted by molar-refractivity contribution is 6.06. The van der Waals surface area contributed by atoms with Crippen LogP contribution in [0.25, 0.3) is 0 Å². The Labute approximate surface area is 236 Å². The Kier molecular flexibility index (Phi) is 13.1. The van der Waals surface area contributed by atoms with Gasteiger partial charge in [0.05, 0.1) is 13.2 Å². The molecule has 1 saturated heterocycles. The molecule has 1 fully saturated rings. The first-order valence-electron chi connectivity index (χ1n) is 13.2. The van der Waals surface area contributed by atoms with Crippen molar-refractivity contribution in [3.63, 3.8) is 0 Å². The maximum Gasteiger partial charge on any atom is 0.321 e. The van der Waals surface area contributed by atoms with Crippen molar-refractivity contribution in [3.05, 3.63) is 106 Å². The van der Waals surface area contributed by atoms with Gasteiger partial charge in [-0.1, -0.05) is 72.3 Å². The molecule has 7 nitrogen and oxygen atoms in total. The fraction of sp³-hybridized carbons (Fsp3) is 0.333. The van der Waals surface area contributed by atoms with Crippen molar-refractivity contribution in [2.24, 2.45) is 0 Å². The molecular weight excluding hydrogens is 506 g/mol. The van der Waals surface area contributed by atoms with E-state index in [2.05, 4.69) is 19.1 Å². The van der Waals surface area contributed by atoms with Crippen molar-refractivity contribution in [1.82, 2.24) is 4.90 Å². The number of hydrogen-bond donors (Lipinski definition) is 1. The standard InChI is InChI=1S/C25H29NO5.C7H8.CH2O/c1-16-13-17(2)24(18(3)23(16)21(27)14-19-7-5-4-6-8-19)22(28)15-20(25(29)30)26-9-11-31-12-10-26;1-7-5-3-2-4-6-7;1-2/h4-8,13,20H,9-12,14-15H2,1-3H3,(H,29,30);2-6H,1H3;1H2. The van der Waals surface area contributed by atoms with Gasteiger partial charge in [-0.3, -0.25) is 19.3 Å². The maximum atomic E-state index is 13.3. The highest BCUT2D eigenvalue weighted by Crippen LogP contribution is 2.26. The monoisotopic (exact) mass is 545 g/mol. The van der Waals surface area contributed by atoms with E-state index in [-0.39, 0.29) is 24.4 Å². The number of aryl methyl sites for hydroxylation is 3. The number of benzene rings is 3. The van der Waals surface area contributed by atoms with E-state index in [0.717, 1.165) is 16.7 Å². The second-order valence-electron chi connectivity index (χ2n) is 9.76. The molecule has 1 atom stereocenters. The molecule has 1 aliphatic rings. The highest BCUT2D eigenvalue weighted by Gasteiger charge is 2.31. The van der Waals surface area contributed by atoms with E-state index in [9.17, 15) is 19.5 Å². The van der Waals surface area contributed by atoms with Crippen molar-refractivity contribution < 1.29 is 29.0 Å². The number of carboxylic acid groups (broad SMARTS) is 1. The zero-order valence-corrected chi connectivity index (χ0v) is 23.8. The van der Waals surface area contributed by atoms with Crippen molar-refractivity contribution in [3.8, 4) is 0 Å². The molecule has 0 aliphatic carbocycles. The van der Waals surface area contributed by atoms with E-state index in [4.69, 9.17) is 9.53 Å². The van der Waals surface area contributed by atoms with Gasteiger partial charge in [0.2, 0.25) is 0 Å². The summed E-state index contributed by atoms with van der Waals surface area (Å²) in [5.74, 6) is -1.31. The molecule has 0 radical (unpaired) electrons. The van der Waals surface area contributed by atoms with E-state index in [1.165, 1.54) is 5.56 Å². The lowest BCUT2D eigenvalue weighted by Crippen LogP contribution is -2.48. The molecule has 1 aliphatic heterocycles. The Bertz CT molecular complexity index is 1270. The number of carbonyl (C=O) groups excluding carboxylic acids is 3. The summed E-state index contributed by atoms with van der Waals surface area (Å²) in [6.07, 6.45) is 0.122. The highest BCUT2D eigenvalue weighted by atomic mass is 16.5. The van der Waals surface area contributed by atoms with E-state index >= 15 is 0 Å². The number of morpholine rings is 1.